The molecule has 0 unspecified atom stereocenters. The van der Waals surface area contributed by atoms with Gasteiger partial charge in [-0.15, -0.1) is 0 Å². The van der Waals surface area contributed by atoms with Crippen LogP contribution in [0.4, 0.5) is 17.2 Å². The van der Waals surface area contributed by atoms with Crippen molar-refractivity contribution in [1.82, 2.24) is 4.98 Å². The van der Waals surface area contributed by atoms with Gasteiger partial charge in [-0.1, -0.05) is 18.2 Å². The highest BCUT2D eigenvalue weighted by Crippen LogP contribution is 2.31. The SMILES string of the molecule is COc1ccc(OC)c(Nc2ccc(NS(=O)(=O)c3ccccc3C)cn2)c1. The van der Waals surface area contributed by atoms with Crippen LogP contribution >= 0.6 is 0 Å². The minimum atomic E-state index is -3.68. The molecule has 7 nitrogen and oxygen atoms in total. The van der Waals surface area contributed by atoms with Gasteiger partial charge in [0.05, 0.1) is 36.7 Å². The molecule has 0 fully saturated rings. The zero-order valence-corrected chi connectivity index (χ0v) is 16.6. The number of hydrogen-bond donors (Lipinski definition) is 2. The van der Waals surface area contributed by atoms with Crippen molar-refractivity contribution in [1.29, 1.82) is 0 Å². The summed E-state index contributed by atoms with van der Waals surface area (Å²) in [5.41, 5.74) is 1.72. The molecule has 1 heterocycles. The number of ether oxygens (including phenoxy) is 2. The number of hydrogen-bond acceptors (Lipinski definition) is 6. The number of nitrogens with one attached hydrogen (secondary N) is 2. The van der Waals surface area contributed by atoms with E-state index in [9.17, 15) is 8.42 Å². The molecule has 28 heavy (non-hydrogen) atoms. The summed E-state index contributed by atoms with van der Waals surface area (Å²) in [4.78, 5) is 4.51. The summed E-state index contributed by atoms with van der Waals surface area (Å²) >= 11 is 0. The van der Waals surface area contributed by atoms with Crippen LogP contribution in [0.15, 0.2) is 65.7 Å². The van der Waals surface area contributed by atoms with E-state index < -0.39 is 10.0 Å². The van der Waals surface area contributed by atoms with E-state index in [1.807, 2.05) is 0 Å². The minimum absolute atomic E-state index is 0.235. The van der Waals surface area contributed by atoms with E-state index in [1.165, 1.54) is 6.20 Å². The number of aryl methyl sites for hydroxylation is 1. The van der Waals surface area contributed by atoms with Crippen molar-refractivity contribution >= 4 is 27.2 Å². The molecule has 2 aromatic carbocycles. The molecule has 0 aliphatic rings. The Balaban J connectivity index is 1.78. The third kappa shape index (κ3) is 4.34. The summed E-state index contributed by atoms with van der Waals surface area (Å²) in [5, 5.41) is 3.14. The van der Waals surface area contributed by atoms with Crippen molar-refractivity contribution < 1.29 is 17.9 Å². The van der Waals surface area contributed by atoms with Crippen molar-refractivity contribution in [3.8, 4) is 11.5 Å². The van der Waals surface area contributed by atoms with E-state index >= 15 is 0 Å². The van der Waals surface area contributed by atoms with Crippen molar-refractivity contribution in [2.24, 2.45) is 0 Å². The normalized spacial score (nSPS) is 11.0. The minimum Gasteiger partial charge on any atom is -0.497 e. The third-order valence-corrected chi connectivity index (χ3v) is 5.61. The Labute approximate surface area is 164 Å². The maximum Gasteiger partial charge on any atom is 0.262 e. The second-order valence-electron chi connectivity index (χ2n) is 5.99. The van der Waals surface area contributed by atoms with Gasteiger partial charge >= 0.3 is 0 Å². The van der Waals surface area contributed by atoms with Crippen LogP contribution in [0.1, 0.15) is 5.56 Å². The Morgan fingerprint density at radius 2 is 1.75 bits per heavy atom. The van der Waals surface area contributed by atoms with Gasteiger partial charge in [0, 0.05) is 6.07 Å². The molecule has 2 N–H and O–H groups in total. The lowest BCUT2D eigenvalue weighted by molar-refractivity contribution is 0.405. The fourth-order valence-electron chi connectivity index (χ4n) is 2.65. The molecule has 0 aliphatic carbocycles. The summed E-state index contributed by atoms with van der Waals surface area (Å²) in [5.74, 6) is 1.84. The fourth-order valence-corrected chi connectivity index (χ4v) is 3.94. The van der Waals surface area contributed by atoms with Gasteiger partial charge in [0.1, 0.15) is 17.3 Å². The largest absolute Gasteiger partial charge is 0.497 e. The molecule has 3 rings (SSSR count). The molecule has 1 aromatic heterocycles. The van der Waals surface area contributed by atoms with Crippen molar-refractivity contribution in [2.75, 3.05) is 24.3 Å². The van der Waals surface area contributed by atoms with Gasteiger partial charge in [-0.3, -0.25) is 4.72 Å². The first-order valence-corrected chi connectivity index (χ1v) is 9.95. The van der Waals surface area contributed by atoms with Crippen molar-refractivity contribution in [3.05, 3.63) is 66.4 Å². The number of methoxy groups -OCH3 is 2. The average molecular weight is 399 g/mol. The first-order chi connectivity index (χ1) is 13.4. The van der Waals surface area contributed by atoms with Crippen LogP contribution < -0.4 is 19.5 Å². The zero-order valence-electron chi connectivity index (χ0n) is 15.8. The van der Waals surface area contributed by atoms with Crippen LogP contribution in [0.5, 0.6) is 11.5 Å². The number of anilines is 3. The average Bonchev–Trinajstić information content (AvgIpc) is 2.69. The number of aromatic nitrogens is 1. The quantitative estimate of drug-likeness (QED) is 0.625. The highest BCUT2D eigenvalue weighted by Gasteiger charge is 2.16. The molecule has 0 radical (unpaired) electrons. The Kier molecular flexibility index (Phi) is 5.70. The van der Waals surface area contributed by atoms with Gasteiger partial charge < -0.3 is 14.8 Å². The van der Waals surface area contributed by atoms with Crippen molar-refractivity contribution in [2.45, 2.75) is 11.8 Å². The topological polar surface area (TPSA) is 89.5 Å². The monoisotopic (exact) mass is 399 g/mol. The molecule has 0 spiro atoms. The number of benzene rings is 2. The predicted molar refractivity (Wildman–Crippen MR) is 109 cm³/mol. The number of rotatable bonds is 7. The van der Waals surface area contributed by atoms with Gasteiger partial charge in [0.25, 0.3) is 10.0 Å². The van der Waals surface area contributed by atoms with E-state index in [0.717, 1.165) is 0 Å². The molecule has 0 amide bonds. The predicted octanol–water partition coefficient (Wildman–Crippen LogP) is 3.95. The first-order valence-electron chi connectivity index (χ1n) is 8.46. The second kappa shape index (κ2) is 8.18. The van der Waals surface area contributed by atoms with Crippen LogP contribution in [0.25, 0.3) is 0 Å². The van der Waals surface area contributed by atoms with Crippen molar-refractivity contribution in [3.63, 3.8) is 0 Å². The number of sulfonamides is 1. The van der Waals surface area contributed by atoms with Gasteiger partial charge in [-0.25, -0.2) is 13.4 Å². The van der Waals surface area contributed by atoms with E-state index in [4.69, 9.17) is 9.47 Å². The van der Waals surface area contributed by atoms with Gasteiger partial charge in [-0.2, -0.15) is 0 Å². The molecule has 3 aromatic rings. The zero-order chi connectivity index (χ0) is 20.1. The van der Waals surface area contributed by atoms with Crippen LogP contribution in [0.3, 0.4) is 0 Å². The summed E-state index contributed by atoms with van der Waals surface area (Å²) in [6.07, 6.45) is 1.45. The Morgan fingerprint density at radius 1 is 0.964 bits per heavy atom. The number of pyridine rings is 1. The van der Waals surface area contributed by atoms with Crippen LogP contribution in [0.2, 0.25) is 0 Å². The summed E-state index contributed by atoms with van der Waals surface area (Å²) in [6.45, 7) is 1.75. The van der Waals surface area contributed by atoms with Crippen LogP contribution in [-0.4, -0.2) is 27.6 Å². The molecule has 0 bridgehead atoms. The molecule has 146 valence electrons. The summed E-state index contributed by atoms with van der Waals surface area (Å²) in [7, 11) is -0.527. The highest BCUT2D eigenvalue weighted by atomic mass is 32.2. The highest BCUT2D eigenvalue weighted by molar-refractivity contribution is 7.92. The molecule has 8 heteroatoms. The van der Waals surface area contributed by atoms with Gasteiger partial charge in [-0.05, 0) is 42.8 Å². The fraction of sp³-hybridized carbons (Fsp3) is 0.150. The molecule has 0 saturated heterocycles. The van der Waals surface area contributed by atoms with Crippen LogP contribution in [0, 0.1) is 6.92 Å². The first kappa shape index (κ1) is 19.5. The maximum absolute atomic E-state index is 12.6. The smallest absolute Gasteiger partial charge is 0.262 e. The lowest BCUT2D eigenvalue weighted by Gasteiger charge is -2.13. The van der Waals surface area contributed by atoms with E-state index in [-0.39, 0.29) is 4.90 Å². The van der Waals surface area contributed by atoms with E-state index in [1.54, 1.807) is 75.7 Å². The van der Waals surface area contributed by atoms with Gasteiger partial charge in [0.2, 0.25) is 0 Å². The summed E-state index contributed by atoms with van der Waals surface area (Å²) in [6, 6.07) is 15.5. The molecule has 0 atom stereocenters. The van der Waals surface area contributed by atoms with E-state index in [0.29, 0.717) is 34.3 Å². The molecule has 0 aliphatic heterocycles. The Morgan fingerprint density at radius 3 is 2.39 bits per heavy atom. The summed E-state index contributed by atoms with van der Waals surface area (Å²) < 4.78 is 38.2. The molecular weight excluding hydrogens is 378 g/mol. The van der Waals surface area contributed by atoms with Gasteiger partial charge in [0.15, 0.2) is 0 Å². The lowest BCUT2D eigenvalue weighted by atomic mass is 10.2. The second-order valence-corrected chi connectivity index (χ2v) is 7.65. The van der Waals surface area contributed by atoms with E-state index in [2.05, 4.69) is 15.0 Å². The number of nitrogens with zero attached hydrogens (tertiary/aromatic N) is 1. The molecule has 0 saturated carbocycles. The lowest BCUT2D eigenvalue weighted by Crippen LogP contribution is -2.14. The standard InChI is InChI=1S/C20H21N3O4S/c1-14-6-4-5-7-19(14)28(24,25)23-15-8-11-20(21-13-15)22-17-12-16(26-2)9-10-18(17)27-3/h4-13,23H,1-3H3,(H,21,22). The third-order valence-electron chi connectivity index (χ3n) is 4.07. The Bertz CT molecular complexity index is 1070. The molecular formula is C20H21N3O4S. The van der Waals surface area contributed by atoms with Crippen LogP contribution in [-0.2, 0) is 10.0 Å². The Hall–Kier alpha value is -3.26. The maximum atomic E-state index is 12.6.